The van der Waals surface area contributed by atoms with E-state index in [4.69, 9.17) is 21.7 Å². The summed E-state index contributed by atoms with van der Waals surface area (Å²) in [5.74, 6) is 2.03. The second kappa shape index (κ2) is 7.38. The predicted molar refractivity (Wildman–Crippen MR) is 86.2 cm³/mol. The summed E-state index contributed by atoms with van der Waals surface area (Å²) >= 11 is 6.28. The van der Waals surface area contributed by atoms with Gasteiger partial charge in [0.15, 0.2) is 0 Å². The normalized spacial score (nSPS) is 17.3. The van der Waals surface area contributed by atoms with Gasteiger partial charge in [0.05, 0.1) is 6.61 Å². The van der Waals surface area contributed by atoms with Crippen molar-refractivity contribution < 1.29 is 5.11 Å². The van der Waals surface area contributed by atoms with Crippen molar-refractivity contribution in [2.75, 3.05) is 44.2 Å². The third-order valence-electron chi connectivity index (χ3n) is 3.90. The molecule has 0 atom stereocenters. The van der Waals surface area contributed by atoms with Crippen molar-refractivity contribution in [3.8, 4) is 0 Å². The maximum Gasteiger partial charge on any atom is 0.137 e. The Labute approximate surface area is 131 Å². The first-order chi connectivity index (χ1) is 10.0. The van der Waals surface area contributed by atoms with Gasteiger partial charge in [-0.25, -0.2) is 9.97 Å². The van der Waals surface area contributed by atoms with Gasteiger partial charge in [-0.05, 0) is 19.9 Å². The summed E-state index contributed by atoms with van der Waals surface area (Å²) in [6.07, 6.45) is 1.07. The zero-order valence-electron chi connectivity index (χ0n) is 13.1. The molecule has 1 aliphatic rings. The van der Waals surface area contributed by atoms with Gasteiger partial charge in [0.2, 0.25) is 0 Å². The molecule has 0 saturated carbocycles. The van der Waals surface area contributed by atoms with Crippen LogP contribution in [0.15, 0.2) is 0 Å². The van der Waals surface area contributed by atoms with Crippen LogP contribution < -0.4 is 4.90 Å². The van der Waals surface area contributed by atoms with Crippen LogP contribution in [0.3, 0.4) is 0 Å². The first-order valence-corrected chi connectivity index (χ1v) is 8.03. The monoisotopic (exact) mass is 312 g/mol. The lowest BCUT2D eigenvalue weighted by molar-refractivity contribution is 0.204. The topological polar surface area (TPSA) is 52.5 Å². The molecular weight excluding hydrogens is 288 g/mol. The Morgan fingerprint density at radius 1 is 1.19 bits per heavy atom. The zero-order valence-corrected chi connectivity index (χ0v) is 13.9. The second-order valence-electron chi connectivity index (χ2n) is 5.88. The van der Waals surface area contributed by atoms with Crippen molar-refractivity contribution in [3.63, 3.8) is 0 Å². The molecule has 0 amide bonds. The average Bonchev–Trinajstić information content (AvgIpc) is 2.67. The lowest BCUT2D eigenvalue weighted by atomic mass is 10.2. The molecule has 0 spiro atoms. The Morgan fingerprint density at radius 3 is 2.62 bits per heavy atom. The van der Waals surface area contributed by atoms with Crippen LogP contribution in [0.25, 0.3) is 0 Å². The molecule has 1 aliphatic heterocycles. The molecule has 1 aromatic heterocycles. The number of hydrogen-bond acceptors (Lipinski definition) is 5. The van der Waals surface area contributed by atoms with Crippen LogP contribution in [0.4, 0.5) is 5.82 Å². The first-order valence-electron chi connectivity index (χ1n) is 7.65. The van der Waals surface area contributed by atoms with Gasteiger partial charge in [-0.1, -0.05) is 25.4 Å². The maximum absolute atomic E-state index is 9.08. The predicted octanol–water partition coefficient (Wildman–Crippen LogP) is 2.07. The van der Waals surface area contributed by atoms with E-state index in [0.717, 1.165) is 56.4 Å². The highest BCUT2D eigenvalue weighted by Gasteiger charge is 2.20. The summed E-state index contributed by atoms with van der Waals surface area (Å²) < 4.78 is 0. The highest BCUT2D eigenvalue weighted by atomic mass is 35.5. The minimum atomic E-state index is 0.218. The molecule has 118 valence electrons. The fraction of sp³-hybridized carbons (Fsp3) is 0.733. The van der Waals surface area contributed by atoms with Gasteiger partial charge < -0.3 is 10.0 Å². The van der Waals surface area contributed by atoms with Crippen molar-refractivity contribution in [2.45, 2.75) is 33.1 Å². The van der Waals surface area contributed by atoms with Gasteiger partial charge >= 0.3 is 0 Å². The van der Waals surface area contributed by atoms with E-state index in [-0.39, 0.29) is 12.5 Å². The summed E-state index contributed by atoms with van der Waals surface area (Å²) in [6.45, 7) is 10.9. The van der Waals surface area contributed by atoms with Crippen LogP contribution in [-0.4, -0.2) is 59.3 Å². The maximum atomic E-state index is 9.08. The molecule has 1 saturated heterocycles. The average molecular weight is 313 g/mol. The van der Waals surface area contributed by atoms with E-state index in [0.29, 0.717) is 5.15 Å². The van der Waals surface area contributed by atoms with E-state index < -0.39 is 0 Å². The first kappa shape index (κ1) is 16.5. The molecule has 1 fully saturated rings. The number of aromatic nitrogens is 2. The molecule has 0 bridgehead atoms. The molecular formula is C15H25ClN4O. The lowest BCUT2D eigenvalue weighted by Crippen LogP contribution is -2.33. The van der Waals surface area contributed by atoms with E-state index in [2.05, 4.69) is 28.6 Å². The van der Waals surface area contributed by atoms with Gasteiger partial charge in [0.25, 0.3) is 0 Å². The van der Waals surface area contributed by atoms with Crippen molar-refractivity contribution in [3.05, 3.63) is 16.5 Å². The highest BCUT2D eigenvalue weighted by Crippen LogP contribution is 2.26. The Hall–Kier alpha value is -0.910. The molecule has 0 unspecified atom stereocenters. The molecule has 6 heteroatoms. The van der Waals surface area contributed by atoms with Crippen LogP contribution >= 0.6 is 11.6 Å². The molecule has 2 heterocycles. The van der Waals surface area contributed by atoms with E-state index >= 15 is 0 Å². The van der Waals surface area contributed by atoms with Crippen LogP contribution in [0.5, 0.6) is 0 Å². The number of rotatable bonds is 4. The van der Waals surface area contributed by atoms with E-state index in [1.807, 2.05) is 6.92 Å². The quantitative estimate of drug-likeness (QED) is 0.863. The number of aliphatic hydroxyl groups is 1. The lowest BCUT2D eigenvalue weighted by Gasteiger charge is -2.25. The summed E-state index contributed by atoms with van der Waals surface area (Å²) in [6, 6.07) is 0. The van der Waals surface area contributed by atoms with Crippen molar-refractivity contribution in [1.82, 2.24) is 14.9 Å². The second-order valence-corrected chi connectivity index (χ2v) is 6.24. The molecule has 0 aromatic carbocycles. The van der Waals surface area contributed by atoms with Crippen molar-refractivity contribution in [2.24, 2.45) is 0 Å². The molecule has 1 N–H and O–H groups in total. The molecule has 1 aromatic rings. The Balaban J connectivity index is 2.21. The van der Waals surface area contributed by atoms with Crippen LogP contribution in [0.2, 0.25) is 5.15 Å². The minimum absolute atomic E-state index is 0.218. The summed E-state index contributed by atoms with van der Waals surface area (Å²) in [5, 5.41) is 9.63. The fourth-order valence-electron chi connectivity index (χ4n) is 2.61. The van der Waals surface area contributed by atoms with Crippen molar-refractivity contribution >= 4 is 17.4 Å². The molecule has 0 aliphatic carbocycles. The summed E-state index contributed by atoms with van der Waals surface area (Å²) in [5.41, 5.74) is 0.955. The molecule has 5 nitrogen and oxygen atoms in total. The minimum Gasteiger partial charge on any atom is -0.395 e. The van der Waals surface area contributed by atoms with Gasteiger partial charge in [-0.3, -0.25) is 4.90 Å². The summed E-state index contributed by atoms with van der Waals surface area (Å²) in [4.78, 5) is 13.7. The van der Waals surface area contributed by atoms with Crippen LogP contribution in [-0.2, 0) is 0 Å². The molecule has 0 radical (unpaired) electrons. The van der Waals surface area contributed by atoms with E-state index in [1.165, 1.54) is 0 Å². The van der Waals surface area contributed by atoms with Crippen LogP contribution in [0.1, 0.15) is 37.6 Å². The van der Waals surface area contributed by atoms with Gasteiger partial charge in [0, 0.05) is 37.7 Å². The van der Waals surface area contributed by atoms with E-state index in [9.17, 15) is 0 Å². The molecule has 2 rings (SSSR count). The summed E-state index contributed by atoms with van der Waals surface area (Å²) in [7, 11) is 0. The third kappa shape index (κ3) is 4.05. The van der Waals surface area contributed by atoms with Gasteiger partial charge in [-0.15, -0.1) is 0 Å². The standard InChI is InChI=1S/C15H25ClN4O/c1-11(2)14-17-13(16)12(3)15(18-14)20-6-4-5-19(7-8-20)9-10-21/h11,21H,4-10H2,1-3H3. The number of hydrogen-bond donors (Lipinski definition) is 1. The number of β-amino-alcohol motifs (C(OH)–C–C–N with tert-alkyl or cyclic N) is 1. The fourth-order valence-corrected chi connectivity index (χ4v) is 2.78. The number of nitrogens with zero attached hydrogens (tertiary/aromatic N) is 4. The Bertz CT molecular complexity index is 481. The number of halogens is 1. The third-order valence-corrected chi connectivity index (χ3v) is 4.27. The highest BCUT2D eigenvalue weighted by molar-refractivity contribution is 6.30. The Morgan fingerprint density at radius 2 is 1.95 bits per heavy atom. The smallest absolute Gasteiger partial charge is 0.137 e. The Kier molecular flexibility index (Phi) is 5.79. The van der Waals surface area contributed by atoms with Gasteiger partial charge in [-0.2, -0.15) is 0 Å². The SMILES string of the molecule is Cc1c(Cl)nc(C(C)C)nc1N1CCCN(CCO)CC1. The zero-order chi connectivity index (χ0) is 15.4. The van der Waals surface area contributed by atoms with Crippen molar-refractivity contribution in [1.29, 1.82) is 0 Å². The van der Waals surface area contributed by atoms with Crippen LogP contribution in [0, 0.1) is 6.92 Å². The largest absolute Gasteiger partial charge is 0.395 e. The number of aliphatic hydroxyl groups excluding tert-OH is 1. The van der Waals surface area contributed by atoms with E-state index in [1.54, 1.807) is 0 Å². The number of anilines is 1. The van der Waals surface area contributed by atoms with Gasteiger partial charge in [0.1, 0.15) is 16.8 Å². The molecule has 21 heavy (non-hydrogen) atoms.